The van der Waals surface area contributed by atoms with Crippen LogP contribution in [0.1, 0.15) is 20.8 Å². The molecule has 0 bridgehead atoms. The lowest BCUT2D eigenvalue weighted by atomic mass is 10.4. The Bertz CT molecular complexity index is 139. The van der Waals surface area contributed by atoms with E-state index in [-0.39, 0.29) is 18.6 Å². The van der Waals surface area contributed by atoms with Crippen molar-refractivity contribution < 1.29 is 14.3 Å². The highest BCUT2D eigenvalue weighted by Crippen LogP contribution is 1.87. The Morgan fingerprint density at radius 3 is 2.62 bits per heavy atom. The highest BCUT2D eigenvalue weighted by atomic mass is 16.5. The topological polar surface area (TPSA) is 47.6 Å². The quantitative estimate of drug-likeness (QED) is 0.636. The average Bonchev–Trinajstić information content (AvgIpc) is 2.12. The van der Waals surface area contributed by atoms with Crippen LogP contribution in [0.5, 0.6) is 0 Å². The summed E-state index contributed by atoms with van der Waals surface area (Å²) in [7, 11) is 0. The van der Waals surface area contributed by atoms with Crippen LogP contribution in [0.3, 0.4) is 0 Å². The normalized spacial score (nSPS) is 12.5. The first-order valence-corrected chi connectivity index (χ1v) is 4.66. The molecule has 4 nitrogen and oxygen atoms in total. The Labute approximate surface area is 79.6 Å². The van der Waals surface area contributed by atoms with E-state index in [2.05, 4.69) is 5.32 Å². The highest BCUT2D eigenvalue weighted by Gasteiger charge is 2.04. The van der Waals surface area contributed by atoms with E-state index in [1.165, 1.54) is 0 Å². The number of hydrogen-bond donors (Lipinski definition) is 1. The molecule has 0 aliphatic rings. The smallest absolute Gasteiger partial charge is 0.246 e. The molecule has 0 fully saturated rings. The number of nitrogens with one attached hydrogen (secondary N) is 1. The van der Waals surface area contributed by atoms with Crippen molar-refractivity contribution in [2.24, 2.45) is 0 Å². The fraction of sp³-hybridized carbons (Fsp3) is 0.889. The Morgan fingerprint density at radius 2 is 2.08 bits per heavy atom. The Balaban J connectivity index is 3.34. The number of amides is 1. The van der Waals surface area contributed by atoms with Crippen molar-refractivity contribution in [3.05, 3.63) is 0 Å². The van der Waals surface area contributed by atoms with Crippen molar-refractivity contribution in [1.82, 2.24) is 5.32 Å². The standard InChI is InChI=1S/C9H19NO3/c1-4-12-7-9(11)10-6-8(3)13-5-2/h8H,4-7H2,1-3H3,(H,10,11). The largest absolute Gasteiger partial charge is 0.377 e. The lowest BCUT2D eigenvalue weighted by Gasteiger charge is -2.12. The van der Waals surface area contributed by atoms with Gasteiger partial charge in [-0.1, -0.05) is 0 Å². The summed E-state index contributed by atoms with van der Waals surface area (Å²) >= 11 is 0. The number of ether oxygens (including phenoxy) is 2. The molecule has 1 atom stereocenters. The van der Waals surface area contributed by atoms with Crippen LogP contribution < -0.4 is 5.32 Å². The van der Waals surface area contributed by atoms with Crippen molar-refractivity contribution in [3.8, 4) is 0 Å². The summed E-state index contributed by atoms with van der Waals surface area (Å²) in [6.45, 7) is 7.62. The van der Waals surface area contributed by atoms with E-state index >= 15 is 0 Å². The lowest BCUT2D eigenvalue weighted by molar-refractivity contribution is -0.126. The van der Waals surface area contributed by atoms with Crippen molar-refractivity contribution in [1.29, 1.82) is 0 Å². The fourth-order valence-corrected chi connectivity index (χ4v) is 0.847. The van der Waals surface area contributed by atoms with Crippen LogP contribution in [-0.4, -0.2) is 38.4 Å². The molecule has 1 N–H and O–H groups in total. The van der Waals surface area contributed by atoms with E-state index in [0.29, 0.717) is 19.8 Å². The molecule has 0 radical (unpaired) electrons. The highest BCUT2D eigenvalue weighted by molar-refractivity contribution is 5.77. The first-order chi connectivity index (χ1) is 6.20. The van der Waals surface area contributed by atoms with Crippen LogP contribution in [0.25, 0.3) is 0 Å². The molecule has 0 aliphatic heterocycles. The van der Waals surface area contributed by atoms with Gasteiger partial charge in [0.05, 0.1) is 6.10 Å². The molecule has 4 heteroatoms. The summed E-state index contributed by atoms with van der Waals surface area (Å²) in [4.78, 5) is 11.0. The maximum absolute atomic E-state index is 11.0. The van der Waals surface area contributed by atoms with Crippen molar-refractivity contribution in [2.45, 2.75) is 26.9 Å². The third-order valence-corrected chi connectivity index (χ3v) is 1.48. The minimum absolute atomic E-state index is 0.0653. The number of carbonyl (C=O) groups is 1. The average molecular weight is 189 g/mol. The van der Waals surface area contributed by atoms with Gasteiger partial charge in [0, 0.05) is 19.8 Å². The third-order valence-electron chi connectivity index (χ3n) is 1.48. The molecule has 0 aromatic heterocycles. The van der Waals surface area contributed by atoms with Crippen LogP contribution in [-0.2, 0) is 14.3 Å². The lowest BCUT2D eigenvalue weighted by Crippen LogP contribution is -2.34. The second kappa shape index (κ2) is 8.01. The molecule has 78 valence electrons. The van der Waals surface area contributed by atoms with Crippen molar-refractivity contribution in [2.75, 3.05) is 26.4 Å². The molecule has 0 rings (SSSR count). The van der Waals surface area contributed by atoms with Crippen LogP contribution in [0.4, 0.5) is 0 Å². The minimum atomic E-state index is -0.0894. The summed E-state index contributed by atoms with van der Waals surface area (Å²) in [6, 6.07) is 0. The van der Waals surface area contributed by atoms with Gasteiger partial charge >= 0.3 is 0 Å². The molecule has 0 heterocycles. The van der Waals surface area contributed by atoms with E-state index in [1.807, 2.05) is 20.8 Å². The summed E-state index contributed by atoms with van der Waals surface area (Å²) in [5, 5.41) is 2.71. The van der Waals surface area contributed by atoms with Crippen LogP contribution in [0.15, 0.2) is 0 Å². The zero-order valence-corrected chi connectivity index (χ0v) is 8.63. The van der Waals surface area contributed by atoms with Gasteiger partial charge in [-0.3, -0.25) is 4.79 Å². The van der Waals surface area contributed by atoms with Crippen LogP contribution in [0, 0.1) is 0 Å². The van der Waals surface area contributed by atoms with E-state index in [9.17, 15) is 4.79 Å². The van der Waals surface area contributed by atoms with Crippen molar-refractivity contribution >= 4 is 5.91 Å². The fourth-order valence-electron chi connectivity index (χ4n) is 0.847. The Morgan fingerprint density at radius 1 is 1.38 bits per heavy atom. The molecule has 0 spiro atoms. The van der Waals surface area contributed by atoms with E-state index in [0.717, 1.165) is 0 Å². The van der Waals surface area contributed by atoms with E-state index in [1.54, 1.807) is 0 Å². The molecule has 1 unspecified atom stereocenters. The number of carbonyl (C=O) groups excluding carboxylic acids is 1. The number of hydrogen-bond acceptors (Lipinski definition) is 3. The second-order valence-electron chi connectivity index (χ2n) is 2.71. The molecule has 0 saturated heterocycles. The van der Waals surface area contributed by atoms with Gasteiger partial charge in [-0.15, -0.1) is 0 Å². The maximum atomic E-state index is 11.0. The second-order valence-corrected chi connectivity index (χ2v) is 2.71. The van der Waals surface area contributed by atoms with Gasteiger partial charge in [0.1, 0.15) is 6.61 Å². The summed E-state index contributed by atoms with van der Waals surface area (Å²) in [5.74, 6) is -0.0894. The molecule has 1 amide bonds. The third kappa shape index (κ3) is 7.74. The zero-order chi connectivity index (χ0) is 10.1. The molecular formula is C9H19NO3. The van der Waals surface area contributed by atoms with E-state index < -0.39 is 0 Å². The van der Waals surface area contributed by atoms with Crippen molar-refractivity contribution in [3.63, 3.8) is 0 Å². The van der Waals surface area contributed by atoms with Gasteiger partial charge in [-0.05, 0) is 20.8 Å². The van der Waals surface area contributed by atoms with E-state index in [4.69, 9.17) is 9.47 Å². The minimum Gasteiger partial charge on any atom is -0.377 e. The van der Waals surface area contributed by atoms with Gasteiger partial charge in [-0.2, -0.15) is 0 Å². The SMILES string of the molecule is CCOCC(=O)NCC(C)OCC. The maximum Gasteiger partial charge on any atom is 0.246 e. The summed E-state index contributed by atoms with van der Waals surface area (Å²) in [5.41, 5.74) is 0. The van der Waals surface area contributed by atoms with Gasteiger partial charge in [0.2, 0.25) is 5.91 Å². The number of rotatable bonds is 7. The molecule has 0 aliphatic carbocycles. The molecule has 13 heavy (non-hydrogen) atoms. The first kappa shape index (κ1) is 12.4. The van der Waals surface area contributed by atoms with Crippen LogP contribution >= 0.6 is 0 Å². The molecule has 0 saturated carbocycles. The predicted molar refractivity (Wildman–Crippen MR) is 50.6 cm³/mol. The van der Waals surface area contributed by atoms with Gasteiger partial charge < -0.3 is 14.8 Å². The Kier molecular flexibility index (Phi) is 7.63. The molecule has 0 aromatic rings. The van der Waals surface area contributed by atoms with Crippen LogP contribution in [0.2, 0.25) is 0 Å². The Hall–Kier alpha value is -0.610. The zero-order valence-electron chi connectivity index (χ0n) is 8.63. The van der Waals surface area contributed by atoms with Gasteiger partial charge in [-0.25, -0.2) is 0 Å². The van der Waals surface area contributed by atoms with Gasteiger partial charge in [0.25, 0.3) is 0 Å². The predicted octanol–water partition coefficient (Wildman–Crippen LogP) is 0.564. The molecule has 0 aromatic carbocycles. The first-order valence-electron chi connectivity index (χ1n) is 4.66. The summed E-state index contributed by atoms with van der Waals surface area (Å²) in [6.07, 6.45) is 0.0653. The van der Waals surface area contributed by atoms with Gasteiger partial charge in [0.15, 0.2) is 0 Å². The monoisotopic (exact) mass is 189 g/mol. The molecular weight excluding hydrogens is 170 g/mol. The summed E-state index contributed by atoms with van der Waals surface area (Å²) < 4.78 is 10.2.